The second-order valence-electron chi connectivity index (χ2n) is 6.82. The zero-order valence-electron chi connectivity index (χ0n) is 15.0. The molecular weight excluding hydrogens is 363 g/mol. The van der Waals surface area contributed by atoms with E-state index in [4.69, 9.17) is 11.6 Å². The number of benzene rings is 2. The molecule has 0 spiro atoms. The number of aryl methyl sites for hydroxylation is 1. The lowest BCUT2D eigenvalue weighted by Crippen LogP contribution is -2.31. The Balaban J connectivity index is 1.52. The van der Waals surface area contributed by atoms with Gasteiger partial charge in [-0.15, -0.1) is 0 Å². The van der Waals surface area contributed by atoms with Crippen molar-refractivity contribution in [1.29, 1.82) is 0 Å². The van der Waals surface area contributed by atoms with Crippen LogP contribution in [-0.4, -0.2) is 21.4 Å². The number of rotatable bonds is 4. The van der Waals surface area contributed by atoms with Crippen LogP contribution in [0.5, 0.6) is 0 Å². The van der Waals surface area contributed by atoms with Crippen molar-refractivity contribution in [3.05, 3.63) is 81.9 Å². The van der Waals surface area contributed by atoms with Gasteiger partial charge in [-0.3, -0.25) is 4.90 Å². The molecule has 0 fully saturated rings. The van der Waals surface area contributed by atoms with Gasteiger partial charge in [-0.2, -0.15) is 0 Å². The Morgan fingerprint density at radius 3 is 2.74 bits per heavy atom. The van der Waals surface area contributed by atoms with Crippen molar-refractivity contribution in [1.82, 2.24) is 14.9 Å². The summed E-state index contributed by atoms with van der Waals surface area (Å²) in [6.45, 7) is 4.32. The molecule has 0 bridgehead atoms. The summed E-state index contributed by atoms with van der Waals surface area (Å²) in [7, 11) is 0. The van der Waals surface area contributed by atoms with E-state index in [9.17, 15) is 4.39 Å². The molecule has 0 unspecified atom stereocenters. The maximum absolute atomic E-state index is 14.1. The highest BCUT2D eigenvalue weighted by Gasteiger charge is 2.22. The van der Waals surface area contributed by atoms with Gasteiger partial charge in [-0.25, -0.2) is 14.4 Å². The molecule has 4 rings (SSSR count). The zero-order valence-corrected chi connectivity index (χ0v) is 15.8. The van der Waals surface area contributed by atoms with Crippen LogP contribution in [0.3, 0.4) is 0 Å². The maximum atomic E-state index is 14.1. The van der Waals surface area contributed by atoms with E-state index in [0.717, 1.165) is 36.3 Å². The number of hydrogen-bond acceptors (Lipinski definition) is 4. The topological polar surface area (TPSA) is 41.1 Å². The molecule has 3 aromatic rings. The van der Waals surface area contributed by atoms with Crippen LogP contribution in [0.1, 0.15) is 22.4 Å². The normalized spacial score (nSPS) is 14.0. The van der Waals surface area contributed by atoms with Crippen LogP contribution in [0.4, 0.5) is 16.0 Å². The highest BCUT2D eigenvalue weighted by Crippen LogP contribution is 2.27. The Kier molecular flexibility index (Phi) is 5.05. The van der Waals surface area contributed by atoms with E-state index in [1.54, 1.807) is 6.07 Å². The first-order chi connectivity index (χ1) is 13.1. The van der Waals surface area contributed by atoms with Crippen LogP contribution in [0.25, 0.3) is 0 Å². The number of aromatic nitrogens is 2. The standard InChI is InChI=1S/C21H20ClFN4/c1-14-7-8-19(17(23)11-14)25-21-24-18-9-10-27(13-16(18)20(22)26-21)12-15-5-3-2-4-6-15/h2-8,11H,9-10,12-13H2,1H3,(H,24,25,26). The van der Waals surface area contributed by atoms with Crippen molar-refractivity contribution in [2.24, 2.45) is 0 Å². The molecule has 1 aliphatic rings. The average molecular weight is 383 g/mol. The largest absolute Gasteiger partial charge is 0.322 e. The van der Waals surface area contributed by atoms with Gasteiger partial charge in [0.25, 0.3) is 0 Å². The van der Waals surface area contributed by atoms with Crippen molar-refractivity contribution in [3.8, 4) is 0 Å². The molecule has 0 atom stereocenters. The first kappa shape index (κ1) is 17.9. The van der Waals surface area contributed by atoms with Crippen molar-refractivity contribution < 1.29 is 4.39 Å². The summed E-state index contributed by atoms with van der Waals surface area (Å²) in [5.74, 6) is -0.000471. The molecule has 0 saturated carbocycles. The molecule has 2 aromatic carbocycles. The number of hydrogen-bond donors (Lipinski definition) is 1. The molecule has 1 N–H and O–H groups in total. The van der Waals surface area contributed by atoms with Crippen LogP contribution >= 0.6 is 11.6 Å². The minimum absolute atomic E-state index is 0.331. The summed E-state index contributed by atoms with van der Waals surface area (Å²) < 4.78 is 14.1. The van der Waals surface area contributed by atoms with Crippen LogP contribution in [0.15, 0.2) is 48.5 Å². The number of anilines is 2. The number of halogens is 2. The van der Waals surface area contributed by atoms with Crippen molar-refractivity contribution in [3.63, 3.8) is 0 Å². The maximum Gasteiger partial charge on any atom is 0.228 e. The summed E-state index contributed by atoms with van der Waals surface area (Å²) in [6, 6.07) is 15.4. The lowest BCUT2D eigenvalue weighted by atomic mass is 10.1. The molecule has 0 aliphatic carbocycles. The Hall–Kier alpha value is -2.50. The molecule has 6 heteroatoms. The fourth-order valence-electron chi connectivity index (χ4n) is 3.30. The summed E-state index contributed by atoms with van der Waals surface area (Å²) in [6.07, 6.45) is 0.787. The molecule has 27 heavy (non-hydrogen) atoms. The monoisotopic (exact) mass is 382 g/mol. The van der Waals surface area contributed by atoms with Crippen molar-refractivity contribution in [2.45, 2.75) is 26.4 Å². The molecular formula is C21H20ClFN4. The van der Waals surface area contributed by atoms with Gasteiger partial charge in [0.2, 0.25) is 5.95 Å². The summed E-state index contributed by atoms with van der Waals surface area (Å²) in [4.78, 5) is 11.2. The fourth-order valence-corrected chi connectivity index (χ4v) is 3.55. The first-order valence-electron chi connectivity index (χ1n) is 8.93. The zero-order chi connectivity index (χ0) is 18.8. The van der Waals surface area contributed by atoms with Gasteiger partial charge in [0.15, 0.2) is 0 Å². The molecule has 0 saturated heterocycles. The lowest BCUT2D eigenvalue weighted by Gasteiger charge is -2.28. The minimum atomic E-state index is -0.332. The number of fused-ring (bicyclic) bond motifs is 1. The summed E-state index contributed by atoms with van der Waals surface area (Å²) in [5, 5.41) is 3.37. The molecule has 2 heterocycles. The second-order valence-corrected chi connectivity index (χ2v) is 7.18. The minimum Gasteiger partial charge on any atom is -0.322 e. The molecule has 1 aromatic heterocycles. The Labute approximate surface area is 163 Å². The third-order valence-electron chi connectivity index (χ3n) is 4.71. The van der Waals surface area contributed by atoms with Crippen LogP contribution in [-0.2, 0) is 19.5 Å². The third-order valence-corrected chi connectivity index (χ3v) is 5.02. The molecule has 1 aliphatic heterocycles. The van der Waals surface area contributed by atoms with E-state index in [2.05, 4.69) is 32.3 Å². The van der Waals surface area contributed by atoms with E-state index in [1.165, 1.54) is 11.6 Å². The van der Waals surface area contributed by atoms with Gasteiger partial charge in [-0.1, -0.05) is 48.0 Å². The SMILES string of the molecule is Cc1ccc(Nc2nc(Cl)c3c(n2)CCN(Cc2ccccc2)C3)c(F)c1. The molecule has 0 amide bonds. The molecule has 138 valence electrons. The highest BCUT2D eigenvalue weighted by atomic mass is 35.5. The lowest BCUT2D eigenvalue weighted by molar-refractivity contribution is 0.243. The van der Waals surface area contributed by atoms with E-state index in [-0.39, 0.29) is 5.82 Å². The van der Waals surface area contributed by atoms with E-state index in [1.807, 2.05) is 31.2 Å². The predicted octanol–water partition coefficient (Wildman–Crippen LogP) is 4.88. The summed E-state index contributed by atoms with van der Waals surface area (Å²) >= 11 is 6.44. The number of nitrogens with one attached hydrogen (secondary N) is 1. The Morgan fingerprint density at radius 1 is 1.15 bits per heavy atom. The van der Waals surface area contributed by atoms with Crippen LogP contribution in [0, 0.1) is 12.7 Å². The average Bonchev–Trinajstić information content (AvgIpc) is 2.65. The third kappa shape index (κ3) is 4.10. The van der Waals surface area contributed by atoms with Crippen LogP contribution in [0.2, 0.25) is 5.15 Å². The second kappa shape index (κ2) is 7.62. The van der Waals surface area contributed by atoms with Crippen LogP contribution < -0.4 is 5.32 Å². The first-order valence-corrected chi connectivity index (χ1v) is 9.31. The van der Waals surface area contributed by atoms with Gasteiger partial charge < -0.3 is 5.32 Å². The van der Waals surface area contributed by atoms with Gasteiger partial charge in [-0.05, 0) is 30.2 Å². The molecule has 0 radical (unpaired) electrons. The highest BCUT2D eigenvalue weighted by molar-refractivity contribution is 6.30. The van der Waals surface area contributed by atoms with Gasteiger partial charge >= 0.3 is 0 Å². The Bertz CT molecular complexity index is 962. The molecule has 4 nitrogen and oxygen atoms in total. The number of nitrogens with zero attached hydrogens (tertiary/aromatic N) is 3. The van der Waals surface area contributed by atoms with E-state index >= 15 is 0 Å². The van der Waals surface area contributed by atoms with Crippen molar-refractivity contribution in [2.75, 3.05) is 11.9 Å². The van der Waals surface area contributed by atoms with E-state index < -0.39 is 0 Å². The quantitative estimate of drug-likeness (QED) is 0.653. The Morgan fingerprint density at radius 2 is 1.96 bits per heavy atom. The smallest absolute Gasteiger partial charge is 0.228 e. The summed E-state index contributed by atoms with van der Waals surface area (Å²) in [5.41, 5.74) is 4.35. The predicted molar refractivity (Wildman–Crippen MR) is 106 cm³/mol. The van der Waals surface area contributed by atoms with Gasteiger partial charge in [0.1, 0.15) is 11.0 Å². The fraction of sp³-hybridized carbons (Fsp3) is 0.238. The van der Waals surface area contributed by atoms with E-state index in [0.29, 0.717) is 23.3 Å². The van der Waals surface area contributed by atoms with Crippen molar-refractivity contribution >= 4 is 23.2 Å². The van der Waals surface area contributed by atoms with Gasteiger partial charge in [0.05, 0.1) is 11.4 Å². The van der Waals surface area contributed by atoms with Gasteiger partial charge in [0, 0.05) is 31.6 Å².